The molecule has 3 rings (SSSR count). The highest BCUT2D eigenvalue weighted by Gasteiger charge is 2.08. The van der Waals surface area contributed by atoms with Crippen molar-refractivity contribution >= 4 is 17.1 Å². The van der Waals surface area contributed by atoms with Gasteiger partial charge in [-0.2, -0.15) is 5.10 Å². The molecule has 0 aromatic carbocycles. The second-order valence-corrected chi connectivity index (χ2v) is 4.06. The number of aromatic nitrogens is 4. The molecule has 0 atom stereocenters. The molecule has 3 heterocycles. The number of amides is 1. The van der Waals surface area contributed by atoms with Crippen LogP contribution < -0.4 is 5.73 Å². The molecule has 0 bridgehead atoms. The molecule has 2 N–H and O–H groups in total. The maximum atomic E-state index is 11.2. The minimum Gasteiger partial charge on any atom is -0.351 e. The zero-order chi connectivity index (χ0) is 12.7. The van der Waals surface area contributed by atoms with Crippen molar-refractivity contribution in [2.75, 3.05) is 0 Å². The summed E-state index contributed by atoms with van der Waals surface area (Å²) < 4.78 is 3.05. The Labute approximate surface area is 103 Å². The Balaban J connectivity index is 2.15. The number of carbonyl (C=O) groups excluding carboxylic acids is 1. The molecular weight excluding hydrogens is 230 g/mol. The molecule has 0 saturated heterocycles. The molecule has 0 saturated carbocycles. The molecule has 0 aliphatic heterocycles. The van der Waals surface area contributed by atoms with Gasteiger partial charge < -0.3 is 5.73 Å². The van der Waals surface area contributed by atoms with Crippen LogP contribution in [0, 0.1) is 0 Å². The monoisotopic (exact) mass is 241 g/mol. The molecule has 0 aliphatic rings. The van der Waals surface area contributed by atoms with Crippen molar-refractivity contribution < 1.29 is 4.79 Å². The highest BCUT2D eigenvalue weighted by Crippen LogP contribution is 2.22. The highest BCUT2D eigenvalue weighted by molar-refractivity contribution is 5.90. The lowest BCUT2D eigenvalue weighted by molar-refractivity contribution is 0.251. The fourth-order valence-electron chi connectivity index (χ4n) is 1.93. The second kappa shape index (κ2) is 3.69. The van der Waals surface area contributed by atoms with Crippen molar-refractivity contribution in [3.63, 3.8) is 0 Å². The summed E-state index contributed by atoms with van der Waals surface area (Å²) in [6.45, 7) is 0. The number of fused-ring (bicyclic) bond motifs is 1. The van der Waals surface area contributed by atoms with E-state index in [2.05, 4.69) is 10.1 Å². The Morgan fingerprint density at radius 2 is 2.17 bits per heavy atom. The summed E-state index contributed by atoms with van der Waals surface area (Å²) in [5.41, 5.74) is 7.75. The molecule has 90 valence electrons. The second-order valence-electron chi connectivity index (χ2n) is 4.06. The van der Waals surface area contributed by atoms with Crippen molar-refractivity contribution in [1.82, 2.24) is 19.3 Å². The van der Waals surface area contributed by atoms with Gasteiger partial charge in [0, 0.05) is 42.2 Å². The molecule has 1 amide bonds. The third-order valence-electron chi connectivity index (χ3n) is 2.80. The van der Waals surface area contributed by atoms with Gasteiger partial charge in [0.25, 0.3) is 0 Å². The topological polar surface area (TPSA) is 78.7 Å². The standard InChI is InChI=1S/C12H11N5O/c1-16-7-10(6-15-16)9-4-8-2-3-17(12(13)18)11(8)14-5-9/h2-7H,1H3,(H2,13,18). The highest BCUT2D eigenvalue weighted by atomic mass is 16.2. The number of pyridine rings is 1. The zero-order valence-electron chi connectivity index (χ0n) is 9.74. The van der Waals surface area contributed by atoms with E-state index in [0.717, 1.165) is 16.5 Å². The number of aryl methyl sites for hydroxylation is 1. The van der Waals surface area contributed by atoms with Crippen molar-refractivity contribution in [3.8, 4) is 11.1 Å². The van der Waals surface area contributed by atoms with Gasteiger partial charge in [0.2, 0.25) is 0 Å². The predicted octanol–water partition coefficient (Wildman–Crippen LogP) is 1.36. The van der Waals surface area contributed by atoms with Gasteiger partial charge in [-0.1, -0.05) is 0 Å². The van der Waals surface area contributed by atoms with Gasteiger partial charge in [-0.15, -0.1) is 0 Å². The smallest absolute Gasteiger partial charge is 0.324 e. The lowest BCUT2D eigenvalue weighted by atomic mass is 10.1. The van der Waals surface area contributed by atoms with E-state index in [-0.39, 0.29) is 0 Å². The number of carbonyl (C=O) groups is 1. The van der Waals surface area contributed by atoms with Crippen LogP contribution in [0.2, 0.25) is 0 Å². The fraction of sp³-hybridized carbons (Fsp3) is 0.0833. The van der Waals surface area contributed by atoms with Crippen molar-refractivity contribution in [1.29, 1.82) is 0 Å². The summed E-state index contributed by atoms with van der Waals surface area (Å²) in [7, 11) is 1.86. The average molecular weight is 241 g/mol. The Bertz CT molecular complexity index is 740. The summed E-state index contributed by atoms with van der Waals surface area (Å²) in [6.07, 6.45) is 7.01. The average Bonchev–Trinajstić information content (AvgIpc) is 2.93. The molecular formula is C12H11N5O. The molecule has 18 heavy (non-hydrogen) atoms. The molecule has 0 aliphatic carbocycles. The third-order valence-corrected chi connectivity index (χ3v) is 2.80. The van der Waals surface area contributed by atoms with E-state index in [1.807, 2.05) is 25.4 Å². The van der Waals surface area contributed by atoms with Crippen LogP contribution in [0.25, 0.3) is 22.2 Å². The van der Waals surface area contributed by atoms with Gasteiger partial charge >= 0.3 is 6.03 Å². The SMILES string of the molecule is Cn1cc(-c2cnc3c(ccn3C(N)=O)c2)cn1. The Kier molecular flexibility index (Phi) is 2.16. The van der Waals surface area contributed by atoms with Crippen LogP contribution in [0.3, 0.4) is 0 Å². The summed E-state index contributed by atoms with van der Waals surface area (Å²) in [4.78, 5) is 15.4. The van der Waals surface area contributed by atoms with Crippen molar-refractivity contribution in [2.45, 2.75) is 0 Å². The first-order valence-electron chi connectivity index (χ1n) is 5.41. The Hall–Kier alpha value is -2.63. The van der Waals surface area contributed by atoms with E-state index >= 15 is 0 Å². The van der Waals surface area contributed by atoms with E-state index in [1.165, 1.54) is 4.57 Å². The van der Waals surface area contributed by atoms with Crippen molar-refractivity contribution in [2.24, 2.45) is 12.8 Å². The molecule has 6 nitrogen and oxygen atoms in total. The summed E-state index contributed by atoms with van der Waals surface area (Å²) in [6, 6.07) is 3.23. The van der Waals surface area contributed by atoms with Gasteiger partial charge in [0.15, 0.2) is 0 Å². The predicted molar refractivity (Wildman–Crippen MR) is 66.9 cm³/mol. The van der Waals surface area contributed by atoms with Crippen LogP contribution in [0.1, 0.15) is 0 Å². The van der Waals surface area contributed by atoms with Crippen LogP contribution in [0.15, 0.2) is 36.9 Å². The lowest BCUT2D eigenvalue weighted by Crippen LogP contribution is -2.18. The minimum atomic E-state index is -0.536. The first-order chi connectivity index (χ1) is 8.65. The zero-order valence-corrected chi connectivity index (χ0v) is 9.74. The Morgan fingerprint density at radius 1 is 1.33 bits per heavy atom. The number of primary amides is 1. The van der Waals surface area contributed by atoms with Crippen LogP contribution in [0.4, 0.5) is 4.79 Å². The first kappa shape index (κ1) is 10.5. The summed E-state index contributed by atoms with van der Waals surface area (Å²) in [5, 5.41) is 4.99. The van der Waals surface area contributed by atoms with E-state index in [0.29, 0.717) is 5.65 Å². The molecule has 0 fully saturated rings. The van der Waals surface area contributed by atoms with Gasteiger partial charge in [0.05, 0.1) is 6.20 Å². The maximum absolute atomic E-state index is 11.2. The van der Waals surface area contributed by atoms with Gasteiger partial charge in [0.1, 0.15) is 5.65 Å². The van der Waals surface area contributed by atoms with Gasteiger partial charge in [-0.05, 0) is 12.1 Å². The largest absolute Gasteiger partial charge is 0.351 e. The number of hydrogen-bond donors (Lipinski definition) is 1. The van der Waals surface area contributed by atoms with Gasteiger partial charge in [-0.25, -0.2) is 9.78 Å². The lowest BCUT2D eigenvalue weighted by Gasteiger charge is -2.00. The van der Waals surface area contributed by atoms with Crippen LogP contribution in [-0.4, -0.2) is 25.4 Å². The number of nitrogens with zero attached hydrogens (tertiary/aromatic N) is 4. The molecule has 3 aromatic heterocycles. The third kappa shape index (κ3) is 1.55. The Morgan fingerprint density at radius 3 is 2.83 bits per heavy atom. The van der Waals surface area contributed by atoms with E-state index in [1.54, 1.807) is 23.3 Å². The van der Waals surface area contributed by atoms with E-state index in [9.17, 15) is 4.79 Å². The molecule has 6 heteroatoms. The fourth-order valence-corrected chi connectivity index (χ4v) is 1.93. The van der Waals surface area contributed by atoms with Crippen LogP contribution in [-0.2, 0) is 7.05 Å². The number of hydrogen-bond acceptors (Lipinski definition) is 3. The molecule has 0 spiro atoms. The van der Waals surface area contributed by atoms with Crippen LogP contribution >= 0.6 is 0 Å². The molecule has 0 unspecified atom stereocenters. The van der Waals surface area contributed by atoms with Crippen molar-refractivity contribution in [3.05, 3.63) is 36.9 Å². The van der Waals surface area contributed by atoms with E-state index < -0.39 is 6.03 Å². The van der Waals surface area contributed by atoms with Gasteiger partial charge in [-0.3, -0.25) is 9.25 Å². The summed E-state index contributed by atoms with van der Waals surface area (Å²) >= 11 is 0. The number of rotatable bonds is 1. The minimum absolute atomic E-state index is 0.536. The molecule has 0 radical (unpaired) electrons. The summed E-state index contributed by atoms with van der Waals surface area (Å²) in [5.74, 6) is 0. The first-order valence-corrected chi connectivity index (χ1v) is 5.41. The quantitative estimate of drug-likeness (QED) is 0.698. The van der Waals surface area contributed by atoms with E-state index in [4.69, 9.17) is 5.73 Å². The normalized spacial score (nSPS) is 10.9. The number of nitrogens with two attached hydrogens (primary N) is 1. The molecule has 3 aromatic rings. The van der Waals surface area contributed by atoms with Crippen LogP contribution in [0.5, 0.6) is 0 Å². The maximum Gasteiger partial charge on any atom is 0.324 e.